The Morgan fingerprint density at radius 1 is 1.45 bits per heavy atom. The molecule has 4 rings (SSSR count). The Kier molecular flexibility index (Phi) is 3.26. The summed E-state index contributed by atoms with van der Waals surface area (Å²) in [7, 11) is 0. The highest BCUT2D eigenvalue weighted by Crippen LogP contribution is 2.39. The van der Waals surface area contributed by atoms with Gasteiger partial charge in [0.05, 0.1) is 22.4 Å². The smallest absolute Gasteiger partial charge is 0.224 e. The maximum absolute atomic E-state index is 9.51. The lowest BCUT2D eigenvalue weighted by Gasteiger charge is -2.19. The third kappa shape index (κ3) is 2.43. The van der Waals surface area contributed by atoms with Gasteiger partial charge in [-0.3, -0.25) is 0 Å². The fourth-order valence-electron chi connectivity index (χ4n) is 2.77. The van der Waals surface area contributed by atoms with Crippen molar-refractivity contribution in [3.8, 4) is 0 Å². The number of rotatable bonds is 4. The quantitative estimate of drug-likeness (QED) is 0.401. The van der Waals surface area contributed by atoms with Crippen molar-refractivity contribution in [1.82, 2.24) is 19.5 Å². The van der Waals surface area contributed by atoms with Crippen LogP contribution in [-0.2, 0) is 0 Å². The summed E-state index contributed by atoms with van der Waals surface area (Å²) in [4.78, 5) is 13.1. The summed E-state index contributed by atoms with van der Waals surface area (Å²) >= 11 is 2.29. The number of nitrogens with two attached hydrogens (primary N) is 1. The first-order chi connectivity index (χ1) is 10.6. The first-order valence-electron chi connectivity index (χ1n) is 7.34. The van der Waals surface area contributed by atoms with Gasteiger partial charge in [0.25, 0.3) is 0 Å². The van der Waals surface area contributed by atoms with Crippen molar-refractivity contribution in [3.63, 3.8) is 0 Å². The van der Waals surface area contributed by atoms with Crippen molar-refractivity contribution in [1.29, 1.82) is 0 Å². The van der Waals surface area contributed by atoms with E-state index in [0.29, 0.717) is 11.9 Å². The number of hydrogen-bond donors (Lipinski definition) is 3. The van der Waals surface area contributed by atoms with Gasteiger partial charge in [-0.1, -0.05) is 34.7 Å². The van der Waals surface area contributed by atoms with Gasteiger partial charge in [-0.25, -0.2) is 4.98 Å². The minimum atomic E-state index is -0.216. The molecule has 1 saturated carbocycles. The highest BCUT2D eigenvalue weighted by Gasteiger charge is 2.33. The van der Waals surface area contributed by atoms with Crippen LogP contribution in [0, 0.1) is 0 Å². The van der Waals surface area contributed by atoms with Gasteiger partial charge in [-0.2, -0.15) is 9.97 Å². The van der Waals surface area contributed by atoms with Crippen molar-refractivity contribution in [2.45, 2.75) is 34.8 Å². The van der Waals surface area contributed by atoms with E-state index in [0.717, 1.165) is 30.4 Å². The van der Waals surface area contributed by atoms with Crippen LogP contribution in [0.1, 0.15) is 25.3 Å². The standard InChI is InChI=1S/C14H17IN6O/c15-14(6-22)4-3-9(5-14)21-7-17-10-11(18-8-1-2-8)19-13(16)20-12(10)21/h3-4,7-9,22H,1-2,5-6H2,(H3,16,18,19,20). The lowest BCUT2D eigenvalue weighted by molar-refractivity contribution is 0.268. The molecule has 0 bridgehead atoms. The molecule has 8 heteroatoms. The normalized spacial score (nSPS) is 27.6. The predicted molar refractivity (Wildman–Crippen MR) is 93.0 cm³/mol. The van der Waals surface area contributed by atoms with E-state index in [1.54, 1.807) is 6.33 Å². The molecule has 2 aliphatic rings. The molecule has 1 fully saturated rings. The number of nitrogens with zero attached hydrogens (tertiary/aromatic N) is 4. The van der Waals surface area contributed by atoms with Crippen LogP contribution in [0.3, 0.4) is 0 Å². The maximum atomic E-state index is 9.51. The van der Waals surface area contributed by atoms with E-state index >= 15 is 0 Å². The zero-order valence-electron chi connectivity index (χ0n) is 11.9. The predicted octanol–water partition coefficient (Wildman–Crippen LogP) is 1.65. The molecule has 2 unspecified atom stereocenters. The number of nitrogens with one attached hydrogen (secondary N) is 1. The largest absolute Gasteiger partial charge is 0.395 e. The van der Waals surface area contributed by atoms with Crippen molar-refractivity contribution < 1.29 is 5.11 Å². The maximum Gasteiger partial charge on any atom is 0.224 e. The third-order valence-electron chi connectivity index (χ3n) is 4.14. The number of anilines is 2. The molecular formula is C14H17IN6O. The molecule has 2 heterocycles. The van der Waals surface area contributed by atoms with Crippen LogP contribution in [0.4, 0.5) is 11.8 Å². The van der Waals surface area contributed by atoms with Crippen molar-refractivity contribution >= 4 is 45.5 Å². The van der Waals surface area contributed by atoms with E-state index in [4.69, 9.17) is 5.73 Å². The van der Waals surface area contributed by atoms with E-state index in [2.05, 4.69) is 55.0 Å². The summed E-state index contributed by atoms with van der Waals surface area (Å²) in [5.41, 5.74) is 7.36. The molecule has 0 aliphatic heterocycles. The molecule has 0 amide bonds. The first-order valence-corrected chi connectivity index (χ1v) is 8.41. The number of allylic oxidation sites excluding steroid dienone is 1. The second-order valence-electron chi connectivity index (χ2n) is 6.00. The Labute approximate surface area is 141 Å². The van der Waals surface area contributed by atoms with E-state index in [-0.39, 0.29) is 22.0 Å². The van der Waals surface area contributed by atoms with Crippen LogP contribution in [0.5, 0.6) is 0 Å². The van der Waals surface area contributed by atoms with Gasteiger partial charge in [0.2, 0.25) is 5.95 Å². The van der Waals surface area contributed by atoms with Gasteiger partial charge in [0, 0.05) is 6.04 Å². The van der Waals surface area contributed by atoms with Gasteiger partial charge in [-0.05, 0) is 19.3 Å². The molecule has 116 valence electrons. The molecule has 0 aromatic carbocycles. The molecule has 0 spiro atoms. The number of alkyl halides is 1. The summed E-state index contributed by atoms with van der Waals surface area (Å²) in [5, 5.41) is 12.9. The molecular weight excluding hydrogens is 395 g/mol. The summed E-state index contributed by atoms with van der Waals surface area (Å²) < 4.78 is 1.80. The number of aliphatic hydroxyl groups excluding tert-OH is 1. The molecule has 0 saturated heterocycles. The van der Waals surface area contributed by atoms with E-state index < -0.39 is 0 Å². The fraction of sp³-hybridized carbons (Fsp3) is 0.500. The van der Waals surface area contributed by atoms with Crippen LogP contribution < -0.4 is 11.1 Å². The van der Waals surface area contributed by atoms with Crippen LogP contribution >= 0.6 is 22.6 Å². The number of aromatic nitrogens is 4. The van der Waals surface area contributed by atoms with Gasteiger partial charge < -0.3 is 20.7 Å². The molecule has 0 radical (unpaired) electrons. The highest BCUT2D eigenvalue weighted by molar-refractivity contribution is 14.1. The topological polar surface area (TPSA) is 102 Å². The summed E-state index contributed by atoms with van der Waals surface area (Å²) in [6, 6.07) is 0.600. The van der Waals surface area contributed by atoms with Crippen molar-refractivity contribution in [2.24, 2.45) is 0 Å². The molecule has 2 aromatic rings. The summed E-state index contributed by atoms with van der Waals surface area (Å²) in [6.07, 6.45) is 9.06. The van der Waals surface area contributed by atoms with Gasteiger partial charge >= 0.3 is 0 Å². The Bertz CT molecular complexity index is 755. The Morgan fingerprint density at radius 3 is 2.95 bits per heavy atom. The molecule has 2 atom stereocenters. The number of fused-ring (bicyclic) bond motifs is 1. The minimum absolute atomic E-state index is 0.122. The molecule has 2 aromatic heterocycles. The van der Waals surface area contributed by atoms with E-state index in [9.17, 15) is 5.11 Å². The van der Waals surface area contributed by atoms with Crippen molar-refractivity contribution in [2.75, 3.05) is 17.7 Å². The SMILES string of the molecule is Nc1nc(NC2CC2)c2ncn(C3C=CC(I)(CO)C3)c2n1. The van der Waals surface area contributed by atoms with Crippen LogP contribution in [0.15, 0.2) is 18.5 Å². The molecule has 7 nitrogen and oxygen atoms in total. The number of nitrogen functional groups attached to an aromatic ring is 1. The monoisotopic (exact) mass is 412 g/mol. The lowest BCUT2D eigenvalue weighted by atomic mass is 10.1. The fourth-order valence-corrected chi connectivity index (χ4v) is 3.43. The van der Waals surface area contributed by atoms with Crippen LogP contribution in [-0.4, -0.2) is 40.7 Å². The first kappa shape index (κ1) is 14.2. The Hall–Kier alpha value is -1.42. The number of imidazole rings is 1. The Morgan fingerprint density at radius 2 is 2.27 bits per heavy atom. The zero-order valence-corrected chi connectivity index (χ0v) is 14.1. The van der Waals surface area contributed by atoms with Crippen LogP contribution in [0.2, 0.25) is 0 Å². The third-order valence-corrected chi connectivity index (χ3v) is 5.28. The molecule has 4 N–H and O–H groups in total. The number of aliphatic hydroxyl groups is 1. The summed E-state index contributed by atoms with van der Waals surface area (Å²) in [5.74, 6) is 0.968. The highest BCUT2D eigenvalue weighted by atomic mass is 127. The van der Waals surface area contributed by atoms with Gasteiger partial charge in [0.1, 0.15) is 0 Å². The van der Waals surface area contributed by atoms with E-state index in [1.165, 1.54) is 0 Å². The number of halogens is 1. The second-order valence-corrected chi connectivity index (χ2v) is 8.14. The lowest BCUT2D eigenvalue weighted by Crippen LogP contribution is -2.22. The molecule has 2 aliphatic carbocycles. The average Bonchev–Trinajstić information content (AvgIpc) is 3.06. The minimum Gasteiger partial charge on any atom is -0.395 e. The summed E-state index contributed by atoms with van der Waals surface area (Å²) in [6.45, 7) is 0.124. The average molecular weight is 412 g/mol. The second kappa shape index (κ2) is 5.05. The number of hydrogen-bond acceptors (Lipinski definition) is 6. The molecule has 22 heavy (non-hydrogen) atoms. The van der Waals surface area contributed by atoms with Gasteiger partial charge in [0.15, 0.2) is 17.0 Å². The van der Waals surface area contributed by atoms with E-state index in [1.807, 2.05) is 4.57 Å². The Balaban J connectivity index is 1.73. The van der Waals surface area contributed by atoms with Crippen molar-refractivity contribution in [3.05, 3.63) is 18.5 Å². The van der Waals surface area contributed by atoms with Crippen LogP contribution in [0.25, 0.3) is 11.2 Å². The zero-order chi connectivity index (χ0) is 15.3. The van der Waals surface area contributed by atoms with Gasteiger partial charge in [-0.15, -0.1) is 0 Å².